The van der Waals surface area contributed by atoms with Gasteiger partial charge in [-0.1, -0.05) is 19.8 Å². The molecule has 2 saturated heterocycles. The molecule has 1 N–H and O–H groups in total. The van der Waals surface area contributed by atoms with Gasteiger partial charge in [0.25, 0.3) is 0 Å². The highest BCUT2D eigenvalue weighted by molar-refractivity contribution is 5.82. The van der Waals surface area contributed by atoms with Gasteiger partial charge in [0, 0.05) is 13.1 Å². The zero-order valence-electron chi connectivity index (χ0n) is 11.5. The minimum Gasteiger partial charge on any atom is -0.341 e. The van der Waals surface area contributed by atoms with Crippen LogP contribution in [0.3, 0.4) is 0 Å². The lowest BCUT2D eigenvalue weighted by molar-refractivity contribution is -0.135. The van der Waals surface area contributed by atoms with E-state index in [0.29, 0.717) is 11.8 Å². The van der Waals surface area contributed by atoms with Crippen molar-refractivity contribution in [3.05, 3.63) is 0 Å². The van der Waals surface area contributed by atoms with Crippen molar-refractivity contribution in [2.24, 2.45) is 17.8 Å². The number of piperidine rings is 1. The Morgan fingerprint density at radius 2 is 2.00 bits per heavy atom. The number of hydrogen-bond acceptors (Lipinski definition) is 2. The lowest BCUT2D eigenvalue weighted by Gasteiger charge is -2.34. The average molecular weight is 250 g/mol. The van der Waals surface area contributed by atoms with E-state index in [4.69, 9.17) is 0 Å². The Hall–Kier alpha value is -0.570. The molecule has 3 aliphatic rings. The summed E-state index contributed by atoms with van der Waals surface area (Å²) < 4.78 is 0. The van der Waals surface area contributed by atoms with Gasteiger partial charge in [0.1, 0.15) is 0 Å². The largest absolute Gasteiger partial charge is 0.341 e. The SMILES string of the molecule is CCC1CCN(C(=O)C2NCC3CCCC32)CC1. The van der Waals surface area contributed by atoms with Crippen LogP contribution >= 0.6 is 0 Å². The summed E-state index contributed by atoms with van der Waals surface area (Å²) in [5.74, 6) is 2.68. The van der Waals surface area contributed by atoms with E-state index in [1.54, 1.807) is 0 Å². The minimum atomic E-state index is 0.149. The maximum absolute atomic E-state index is 12.6. The fourth-order valence-corrected chi connectivity index (χ4v) is 4.22. The van der Waals surface area contributed by atoms with Crippen molar-refractivity contribution in [3.63, 3.8) is 0 Å². The predicted molar refractivity (Wildman–Crippen MR) is 72.2 cm³/mol. The normalized spacial score (nSPS) is 36.9. The molecule has 102 valence electrons. The van der Waals surface area contributed by atoms with Gasteiger partial charge in [-0.15, -0.1) is 0 Å². The summed E-state index contributed by atoms with van der Waals surface area (Å²) in [4.78, 5) is 14.7. The Kier molecular flexibility index (Phi) is 3.60. The van der Waals surface area contributed by atoms with Gasteiger partial charge in [0.05, 0.1) is 6.04 Å². The van der Waals surface area contributed by atoms with Crippen molar-refractivity contribution in [3.8, 4) is 0 Å². The van der Waals surface area contributed by atoms with E-state index in [9.17, 15) is 4.79 Å². The first-order chi connectivity index (χ1) is 8.79. The zero-order valence-corrected chi connectivity index (χ0v) is 11.5. The van der Waals surface area contributed by atoms with Gasteiger partial charge in [0.2, 0.25) is 5.91 Å². The van der Waals surface area contributed by atoms with Gasteiger partial charge < -0.3 is 10.2 Å². The van der Waals surface area contributed by atoms with E-state index in [1.165, 1.54) is 38.5 Å². The standard InChI is InChI=1S/C15H26N2O/c1-2-11-6-8-17(9-7-11)15(18)14-13-5-3-4-12(13)10-16-14/h11-14,16H,2-10H2,1H3. The Morgan fingerprint density at radius 3 is 2.72 bits per heavy atom. The zero-order chi connectivity index (χ0) is 12.5. The number of likely N-dealkylation sites (tertiary alicyclic amines) is 1. The van der Waals surface area contributed by atoms with Crippen molar-refractivity contribution in [2.75, 3.05) is 19.6 Å². The van der Waals surface area contributed by atoms with Crippen LogP contribution in [-0.4, -0.2) is 36.5 Å². The predicted octanol–water partition coefficient (Wildman–Crippen LogP) is 2.02. The molecule has 0 aromatic rings. The van der Waals surface area contributed by atoms with Gasteiger partial charge in [-0.25, -0.2) is 0 Å². The molecule has 2 heterocycles. The van der Waals surface area contributed by atoms with Crippen LogP contribution in [0.25, 0.3) is 0 Å². The first-order valence-electron chi connectivity index (χ1n) is 7.81. The van der Waals surface area contributed by atoms with Crippen LogP contribution in [0.1, 0.15) is 45.4 Å². The fraction of sp³-hybridized carbons (Fsp3) is 0.933. The lowest BCUT2D eigenvalue weighted by atomic mass is 9.91. The molecule has 1 saturated carbocycles. The molecule has 0 radical (unpaired) electrons. The number of amides is 1. The molecule has 3 atom stereocenters. The van der Waals surface area contributed by atoms with Crippen molar-refractivity contribution in [1.82, 2.24) is 10.2 Å². The average Bonchev–Trinajstić information content (AvgIpc) is 3.00. The third-order valence-corrected chi connectivity index (χ3v) is 5.52. The van der Waals surface area contributed by atoms with Crippen LogP contribution in [0.5, 0.6) is 0 Å². The van der Waals surface area contributed by atoms with Crippen LogP contribution < -0.4 is 5.32 Å². The van der Waals surface area contributed by atoms with Crippen molar-refractivity contribution in [1.29, 1.82) is 0 Å². The molecule has 3 fully saturated rings. The molecule has 0 spiro atoms. The molecule has 18 heavy (non-hydrogen) atoms. The number of nitrogens with one attached hydrogen (secondary N) is 1. The summed E-state index contributed by atoms with van der Waals surface area (Å²) >= 11 is 0. The third kappa shape index (κ3) is 2.18. The topological polar surface area (TPSA) is 32.3 Å². The molecule has 3 rings (SSSR count). The Morgan fingerprint density at radius 1 is 1.22 bits per heavy atom. The summed E-state index contributed by atoms with van der Waals surface area (Å²) in [5.41, 5.74) is 0. The quantitative estimate of drug-likeness (QED) is 0.813. The molecule has 0 aromatic heterocycles. The highest BCUT2D eigenvalue weighted by Gasteiger charge is 2.43. The van der Waals surface area contributed by atoms with Crippen LogP contribution in [0.2, 0.25) is 0 Å². The van der Waals surface area contributed by atoms with E-state index >= 15 is 0 Å². The van der Waals surface area contributed by atoms with Crippen LogP contribution in [0.15, 0.2) is 0 Å². The summed E-state index contributed by atoms with van der Waals surface area (Å²) in [6.45, 7) is 5.33. The molecule has 0 aromatic carbocycles. The molecule has 0 bridgehead atoms. The number of carbonyl (C=O) groups is 1. The van der Waals surface area contributed by atoms with Gasteiger partial charge in [-0.2, -0.15) is 0 Å². The van der Waals surface area contributed by atoms with Crippen molar-refractivity contribution < 1.29 is 4.79 Å². The molecule has 3 nitrogen and oxygen atoms in total. The van der Waals surface area contributed by atoms with Gasteiger partial charge >= 0.3 is 0 Å². The number of nitrogens with zero attached hydrogens (tertiary/aromatic N) is 1. The molecular formula is C15H26N2O. The molecule has 3 heteroatoms. The monoisotopic (exact) mass is 250 g/mol. The second-order valence-electron chi connectivity index (χ2n) is 6.42. The van der Waals surface area contributed by atoms with E-state index in [0.717, 1.165) is 31.5 Å². The molecule has 1 amide bonds. The summed E-state index contributed by atoms with van der Waals surface area (Å²) in [7, 11) is 0. The molecule has 2 aliphatic heterocycles. The molecular weight excluding hydrogens is 224 g/mol. The van der Waals surface area contributed by atoms with Gasteiger partial charge in [-0.05, 0) is 50.0 Å². The second-order valence-corrected chi connectivity index (χ2v) is 6.42. The van der Waals surface area contributed by atoms with E-state index in [1.807, 2.05) is 0 Å². The highest BCUT2D eigenvalue weighted by atomic mass is 16.2. The first-order valence-corrected chi connectivity index (χ1v) is 7.81. The van der Waals surface area contributed by atoms with E-state index in [-0.39, 0.29) is 6.04 Å². The van der Waals surface area contributed by atoms with Crippen LogP contribution in [0, 0.1) is 17.8 Å². The van der Waals surface area contributed by atoms with Gasteiger partial charge in [-0.3, -0.25) is 4.79 Å². The summed E-state index contributed by atoms with van der Waals surface area (Å²) in [6.07, 6.45) is 7.62. The maximum atomic E-state index is 12.6. The molecule has 1 aliphatic carbocycles. The van der Waals surface area contributed by atoms with E-state index < -0.39 is 0 Å². The Balaban J connectivity index is 1.58. The van der Waals surface area contributed by atoms with Crippen molar-refractivity contribution in [2.45, 2.75) is 51.5 Å². The first kappa shape index (κ1) is 12.5. The van der Waals surface area contributed by atoms with Crippen LogP contribution in [-0.2, 0) is 4.79 Å². The molecule has 3 unspecified atom stereocenters. The number of rotatable bonds is 2. The Labute approximate surface area is 110 Å². The highest BCUT2D eigenvalue weighted by Crippen LogP contribution is 2.38. The third-order valence-electron chi connectivity index (χ3n) is 5.52. The van der Waals surface area contributed by atoms with E-state index in [2.05, 4.69) is 17.1 Å². The van der Waals surface area contributed by atoms with Crippen LogP contribution in [0.4, 0.5) is 0 Å². The summed E-state index contributed by atoms with van der Waals surface area (Å²) in [5, 5.41) is 3.49. The minimum absolute atomic E-state index is 0.149. The summed E-state index contributed by atoms with van der Waals surface area (Å²) in [6, 6.07) is 0.149. The second kappa shape index (κ2) is 5.20. The lowest BCUT2D eigenvalue weighted by Crippen LogP contribution is -2.49. The maximum Gasteiger partial charge on any atom is 0.240 e. The smallest absolute Gasteiger partial charge is 0.240 e. The number of carbonyl (C=O) groups excluding carboxylic acids is 1. The van der Waals surface area contributed by atoms with Gasteiger partial charge in [0.15, 0.2) is 0 Å². The number of fused-ring (bicyclic) bond motifs is 1. The number of hydrogen-bond donors (Lipinski definition) is 1. The Bertz CT molecular complexity index is 310. The van der Waals surface area contributed by atoms with Crippen molar-refractivity contribution >= 4 is 5.91 Å². The fourth-order valence-electron chi connectivity index (χ4n) is 4.22.